The van der Waals surface area contributed by atoms with Gasteiger partial charge in [0.05, 0.1) is 5.92 Å². The van der Waals surface area contributed by atoms with Gasteiger partial charge in [0.15, 0.2) is 0 Å². The number of hydrogen-bond acceptors (Lipinski definition) is 2. The topological polar surface area (TPSA) is 66.4 Å². The molecule has 3 rings (SSSR count). The molecule has 1 amide bonds. The van der Waals surface area contributed by atoms with Crippen molar-refractivity contribution in [3.05, 3.63) is 65.2 Å². The lowest BCUT2D eigenvalue weighted by Gasteiger charge is -2.24. The molecule has 4 heteroatoms. The molecule has 2 N–H and O–H groups in total. The standard InChI is InChI=1S/C20H21NO3/c22-19(23)12-11-14-5-3-8-16(13-14)21-20(24)18-10-4-7-15-6-1-2-9-17(15)18/h1-3,5-6,8-9,13,18H,4,7,10-12H2,(H,21,24)(H,22,23). The Morgan fingerprint density at radius 2 is 1.96 bits per heavy atom. The number of rotatable bonds is 5. The number of aryl methyl sites for hydroxylation is 2. The van der Waals surface area contributed by atoms with E-state index in [1.807, 2.05) is 42.5 Å². The summed E-state index contributed by atoms with van der Waals surface area (Å²) in [4.78, 5) is 23.4. The predicted molar refractivity (Wildman–Crippen MR) is 93.1 cm³/mol. The molecule has 2 aromatic rings. The van der Waals surface area contributed by atoms with Crippen LogP contribution in [-0.4, -0.2) is 17.0 Å². The van der Waals surface area contributed by atoms with Crippen molar-refractivity contribution in [1.29, 1.82) is 0 Å². The van der Waals surface area contributed by atoms with Crippen LogP contribution in [0.4, 0.5) is 5.69 Å². The van der Waals surface area contributed by atoms with Crippen LogP contribution in [0.2, 0.25) is 0 Å². The molecule has 0 saturated heterocycles. The summed E-state index contributed by atoms with van der Waals surface area (Å²) >= 11 is 0. The van der Waals surface area contributed by atoms with Crippen LogP contribution < -0.4 is 5.32 Å². The SMILES string of the molecule is O=C(O)CCc1cccc(NC(=O)C2CCCc3ccccc32)c1. The Kier molecular flexibility index (Phi) is 4.94. The molecule has 1 aliphatic rings. The van der Waals surface area contributed by atoms with E-state index in [0.717, 1.165) is 36.1 Å². The van der Waals surface area contributed by atoms with Gasteiger partial charge >= 0.3 is 5.97 Å². The van der Waals surface area contributed by atoms with Gasteiger partial charge in [-0.25, -0.2) is 0 Å². The number of carboxylic acids is 1. The van der Waals surface area contributed by atoms with E-state index in [1.165, 1.54) is 5.56 Å². The third-order valence-electron chi connectivity index (χ3n) is 4.51. The highest BCUT2D eigenvalue weighted by Gasteiger charge is 2.26. The summed E-state index contributed by atoms with van der Waals surface area (Å²) in [5, 5.41) is 11.8. The molecule has 0 aliphatic heterocycles. The van der Waals surface area contributed by atoms with Crippen molar-refractivity contribution >= 4 is 17.6 Å². The maximum absolute atomic E-state index is 12.7. The molecule has 124 valence electrons. The lowest BCUT2D eigenvalue weighted by atomic mass is 9.82. The van der Waals surface area contributed by atoms with Gasteiger partial charge in [0.25, 0.3) is 0 Å². The fourth-order valence-electron chi connectivity index (χ4n) is 3.31. The van der Waals surface area contributed by atoms with Crippen molar-refractivity contribution in [1.82, 2.24) is 0 Å². The van der Waals surface area contributed by atoms with Crippen molar-refractivity contribution in [3.63, 3.8) is 0 Å². The second kappa shape index (κ2) is 7.30. The van der Waals surface area contributed by atoms with E-state index in [4.69, 9.17) is 5.11 Å². The first-order valence-corrected chi connectivity index (χ1v) is 8.33. The molecular weight excluding hydrogens is 302 g/mol. The zero-order valence-corrected chi connectivity index (χ0v) is 13.5. The number of benzene rings is 2. The first-order valence-electron chi connectivity index (χ1n) is 8.33. The second-order valence-electron chi connectivity index (χ2n) is 6.23. The molecule has 4 nitrogen and oxygen atoms in total. The van der Waals surface area contributed by atoms with Gasteiger partial charge in [0, 0.05) is 12.1 Å². The third kappa shape index (κ3) is 3.82. The van der Waals surface area contributed by atoms with Crippen molar-refractivity contribution in [2.75, 3.05) is 5.32 Å². The van der Waals surface area contributed by atoms with Gasteiger partial charge in [-0.1, -0.05) is 36.4 Å². The zero-order valence-electron chi connectivity index (χ0n) is 13.5. The zero-order chi connectivity index (χ0) is 16.9. The molecule has 0 heterocycles. The first-order chi connectivity index (χ1) is 11.6. The highest BCUT2D eigenvalue weighted by Crippen LogP contribution is 2.32. The fourth-order valence-corrected chi connectivity index (χ4v) is 3.31. The number of amides is 1. The Labute approximate surface area is 141 Å². The molecule has 0 fully saturated rings. The number of fused-ring (bicyclic) bond motifs is 1. The second-order valence-corrected chi connectivity index (χ2v) is 6.23. The number of carbonyl (C=O) groups is 2. The average Bonchev–Trinajstić information content (AvgIpc) is 2.60. The summed E-state index contributed by atoms with van der Waals surface area (Å²) in [5.41, 5.74) is 4.03. The minimum atomic E-state index is -0.816. The van der Waals surface area contributed by atoms with E-state index in [2.05, 4.69) is 11.4 Å². The lowest BCUT2D eigenvalue weighted by molar-refractivity contribution is -0.137. The Morgan fingerprint density at radius 3 is 2.79 bits per heavy atom. The maximum Gasteiger partial charge on any atom is 0.303 e. The number of anilines is 1. The van der Waals surface area contributed by atoms with Crippen molar-refractivity contribution in [3.8, 4) is 0 Å². The molecule has 0 saturated carbocycles. The van der Waals surface area contributed by atoms with E-state index in [0.29, 0.717) is 6.42 Å². The quantitative estimate of drug-likeness (QED) is 0.880. The van der Waals surface area contributed by atoms with Gasteiger partial charge in [0.2, 0.25) is 5.91 Å². The maximum atomic E-state index is 12.7. The van der Waals surface area contributed by atoms with Crippen molar-refractivity contribution in [2.45, 2.75) is 38.0 Å². The number of nitrogens with one attached hydrogen (secondary N) is 1. The molecule has 1 aliphatic carbocycles. The predicted octanol–water partition coefficient (Wildman–Crippen LogP) is 3.76. The van der Waals surface area contributed by atoms with Crippen LogP contribution in [0.15, 0.2) is 48.5 Å². The third-order valence-corrected chi connectivity index (χ3v) is 4.51. The minimum absolute atomic E-state index is 0.0116. The molecule has 2 aromatic carbocycles. The summed E-state index contributed by atoms with van der Waals surface area (Å²) in [6, 6.07) is 15.6. The van der Waals surface area contributed by atoms with Gasteiger partial charge in [-0.3, -0.25) is 9.59 Å². The van der Waals surface area contributed by atoms with Crippen molar-refractivity contribution in [2.24, 2.45) is 0 Å². The normalized spacial score (nSPS) is 16.2. The van der Waals surface area contributed by atoms with Gasteiger partial charge in [-0.2, -0.15) is 0 Å². The highest BCUT2D eigenvalue weighted by molar-refractivity contribution is 5.96. The molecule has 0 radical (unpaired) electrons. The Hall–Kier alpha value is -2.62. The largest absolute Gasteiger partial charge is 0.481 e. The Balaban J connectivity index is 1.72. The number of carbonyl (C=O) groups excluding carboxylic acids is 1. The van der Waals surface area contributed by atoms with Crippen LogP contribution in [0, 0.1) is 0 Å². The summed E-state index contributed by atoms with van der Waals surface area (Å²) in [5.74, 6) is -0.918. The van der Waals surface area contributed by atoms with Crippen molar-refractivity contribution < 1.29 is 14.7 Å². The van der Waals surface area contributed by atoms with Crippen LogP contribution in [0.5, 0.6) is 0 Å². The number of hydrogen-bond donors (Lipinski definition) is 2. The molecular formula is C20H21NO3. The molecule has 0 spiro atoms. The monoisotopic (exact) mass is 323 g/mol. The molecule has 1 unspecified atom stereocenters. The smallest absolute Gasteiger partial charge is 0.303 e. The van der Waals surface area contributed by atoms with Crippen LogP contribution in [0.25, 0.3) is 0 Å². The summed E-state index contributed by atoms with van der Waals surface area (Å²) in [6.45, 7) is 0. The lowest BCUT2D eigenvalue weighted by Crippen LogP contribution is -2.24. The van der Waals surface area contributed by atoms with Gasteiger partial charge in [-0.15, -0.1) is 0 Å². The van der Waals surface area contributed by atoms with Crippen LogP contribution >= 0.6 is 0 Å². The van der Waals surface area contributed by atoms with E-state index >= 15 is 0 Å². The summed E-state index contributed by atoms with van der Waals surface area (Å²) in [7, 11) is 0. The molecule has 24 heavy (non-hydrogen) atoms. The van der Waals surface area contributed by atoms with Gasteiger partial charge in [0.1, 0.15) is 0 Å². The summed E-state index contributed by atoms with van der Waals surface area (Å²) < 4.78 is 0. The van der Waals surface area contributed by atoms with E-state index in [-0.39, 0.29) is 18.2 Å². The van der Waals surface area contributed by atoms with Crippen LogP contribution in [0.1, 0.15) is 41.9 Å². The van der Waals surface area contributed by atoms with E-state index < -0.39 is 5.97 Å². The Bertz CT molecular complexity index is 754. The first kappa shape index (κ1) is 16.2. The van der Waals surface area contributed by atoms with Gasteiger partial charge < -0.3 is 10.4 Å². The molecule has 0 bridgehead atoms. The highest BCUT2D eigenvalue weighted by atomic mass is 16.4. The molecule has 1 atom stereocenters. The Morgan fingerprint density at radius 1 is 1.12 bits per heavy atom. The van der Waals surface area contributed by atoms with Gasteiger partial charge in [-0.05, 0) is 54.5 Å². The fraction of sp³-hybridized carbons (Fsp3) is 0.300. The van der Waals surface area contributed by atoms with E-state index in [9.17, 15) is 9.59 Å². The number of carboxylic acid groups (broad SMARTS) is 1. The average molecular weight is 323 g/mol. The van der Waals surface area contributed by atoms with Crippen LogP contribution in [0.3, 0.4) is 0 Å². The minimum Gasteiger partial charge on any atom is -0.481 e. The van der Waals surface area contributed by atoms with E-state index in [1.54, 1.807) is 0 Å². The summed E-state index contributed by atoms with van der Waals surface area (Å²) in [6.07, 6.45) is 3.47. The van der Waals surface area contributed by atoms with Crippen LogP contribution in [-0.2, 0) is 22.4 Å². The number of aliphatic carboxylic acids is 1. The molecule has 0 aromatic heterocycles.